The van der Waals surface area contributed by atoms with E-state index in [0.29, 0.717) is 0 Å². The molecular formula is C72H42N2O3S. The normalized spacial score (nSPS) is 12.1. The summed E-state index contributed by atoms with van der Waals surface area (Å²) in [5.41, 5.74) is 17.3. The lowest BCUT2D eigenvalue weighted by Gasteiger charge is -2.10. The van der Waals surface area contributed by atoms with Gasteiger partial charge in [0.2, 0.25) is 0 Å². The Bertz CT molecular complexity index is 5280. The van der Waals surface area contributed by atoms with Crippen molar-refractivity contribution in [1.29, 1.82) is 0 Å². The highest BCUT2D eigenvalue weighted by molar-refractivity contribution is 7.25. The predicted octanol–water partition coefficient (Wildman–Crippen LogP) is 21.0. The molecule has 0 atom stereocenters. The maximum absolute atomic E-state index is 6.44. The molecular weight excluding hydrogens is 973 g/mol. The molecule has 18 aromatic rings. The zero-order valence-corrected chi connectivity index (χ0v) is 42.6. The van der Waals surface area contributed by atoms with Gasteiger partial charge < -0.3 is 22.4 Å². The largest absolute Gasteiger partial charge is 0.456 e. The molecule has 364 valence electrons. The Morgan fingerprint density at radius 3 is 1.41 bits per heavy atom. The zero-order chi connectivity index (χ0) is 51.0. The molecule has 6 heteroatoms. The first-order chi connectivity index (χ1) is 38.6. The third-order valence-corrected chi connectivity index (χ3v) is 17.2. The molecule has 12 aromatic carbocycles. The Labute approximate surface area is 449 Å². The SMILES string of the molecule is c1ccc2c(c1)oc1cc3c(cc12)c1ccccc1n3-c1ccc(-c2ccc3sc4ccccc4c3c2)cc1.c1ccc2c(c1)oc1ccc(-c3ccc(-n4c5ccccc5c5c6oc7ccccc7c6ccc54)cc3)cc12. The minimum atomic E-state index is 0.916. The average molecular weight is 1020 g/mol. The summed E-state index contributed by atoms with van der Waals surface area (Å²) < 4.78 is 26.1. The van der Waals surface area contributed by atoms with Gasteiger partial charge in [-0.15, -0.1) is 11.3 Å². The number of fused-ring (bicyclic) bond motifs is 19. The van der Waals surface area contributed by atoms with Crippen molar-refractivity contribution in [3.63, 3.8) is 0 Å². The molecule has 0 aliphatic rings. The summed E-state index contributed by atoms with van der Waals surface area (Å²) in [6, 6.07) is 90.7. The van der Waals surface area contributed by atoms with E-state index < -0.39 is 0 Å². The van der Waals surface area contributed by atoms with Crippen molar-refractivity contribution in [3.8, 4) is 33.6 Å². The van der Waals surface area contributed by atoms with Gasteiger partial charge in [-0.2, -0.15) is 0 Å². The molecule has 0 saturated heterocycles. The first-order valence-electron chi connectivity index (χ1n) is 26.4. The Balaban J connectivity index is 0.000000126. The first-order valence-corrected chi connectivity index (χ1v) is 27.2. The predicted molar refractivity (Wildman–Crippen MR) is 327 cm³/mol. The summed E-state index contributed by atoms with van der Waals surface area (Å²) in [5, 5.41) is 14.4. The summed E-state index contributed by atoms with van der Waals surface area (Å²) >= 11 is 1.86. The maximum atomic E-state index is 6.44. The fourth-order valence-electron chi connectivity index (χ4n) is 12.4. The number of benzene rings is 12. The van der Waals surface area contributed by atoms with Crippen molar-refractivity contribution in [1.82, 2.24) is 9.13 Å². The Hall–Kier alpha value is -10.1. The average Bonchev–Trinajstić information content (AvgIpc) is 4.40. The molecule has 0 saturated carbocycles. The smallest absolute Gasteiger partial charge is 0.145 e. The van der Waals surface area contributed by atoms with Crippen molar-refractivity contribution in [2.75, 3.05) is 0 Å². The summed E-state index contributed by atoms with van der Waals surface area (Å²) in [6.45, 7) is 0. The van der Waals surface area contributed by atoms with Gasteiger partial charge in [0.25, 0.3) is 0 Å². The van der Waals surface area contributed by atoms with Crippen LogP contribution in [0.2, 0.25) is 0 Å². The van der Waals surface area contributed by atoms with Gasteiger partial charge in [0.05, 0.1) is 27.5 Å². The van der Waals surface area contributed by atoms with Crippen LogP contribution in [0.15, 0.2) is 268 Å². The van der Waals surface area contributed by atoms with Crippen LogP contribution in [-0.4, -0.2) is 9.13 Å². The topological polar surface area (TPSA) is 49.3 Å². The Morgan fingerprint density at radius 2 is 0.718 bits per heavy atom. The van der Waals surface area contributed by atoms with Crippen LogP contribution in [0.4, 0.5) is 0 Å². The van der Waals surface area contributed by atoms with Crippen LogP contribution in [0.1, 0.15) is 0 Å². The van der Waals surface area contributed by atoms with Gasteiger partial charge in [-0.05, 0) is 125 Å². The molecule has 0 aliphatic heterocycles. The molecule has 0 spiro atoms. The van der Waals surface area contributed by atoms with Crippen LogP contribution < -0.4 is 0 Å². The highest BCUT2D eigenvalue weighted by Gasteiger charge is 2.20. The van der Waals surface area contributed by atoms with Crippen LogP contribution in [0.5, 0.6) is 0 Å². The molecule has 0 fully saturated rings. The van der Waals surface area contributed by atoms with E-state index >= 15 is 0 Å². The molecule has 18 rings (SSSR count). The van der Waals surface area contributed by atoms with Gasteiger partial charge in [-0.1, -0.05) is 146 Å². The highest BCUT2D eigenvalue weighted by atomic mass is 32.1. The van der Waals surface area contributed by atoms with Gasteiger partial charge in [-0.25, -0.2) is 0 Å². The molecule has 6 heterocycles. The lowest BCUT2D eigenvalue weighted by Crippen LogP contribution is -1.93. The second-order valence-electron chi connectivity index (χ2n) is 20.3. The molecule has 0 radical (unpaired) electrons. The van der Waals surface area contributed by atoms with Crippen LogP contribution >= 0.6 is 11.3 Å². The quantitative estimate of drug-likeness (QED) is 0.176. The van der Waals surface area contributed by atoms with Crippen LogP contribution in [-0.2, 0) is 0 Å². The summed E-state index contributed by atoms with van der Waals surface area (Å²) in [5.74, 6) is 0. The molecule has 5 nitrogen and oxygen atoms in total. The monoisotopic (exact) mass is 1010 g/mol. The van der Waals surface area contributed by atoms with E-state index in [0.717, 1.165) is 93.6 Å². The molecule has 0 unspecified atom stereocenters. The van der Waals surface area contributed by atoms with Crippen LogP contribution in [0.3, 0.4) is 0 Å². The Morgan fingerprint density at radius 1 is 0.244 bits per heavy atom. The number of rotatable bonds is 4. The highest BCUT2D eigenvalue weighted by Crippen LogP contribution is 2.43. The number of thiophene rings is 1. The van der Waals surface area contributed by atoms with Crippen molar-refractivity contribution in [3.05, 3.63) is 255 Å². The van der Waals surface area contributed by atoms with Crippen molar-refractivity contribution in [2.24, 2.45) is 0 Å². The zero-order valence-electron chi connectivity index (χ0n) is 41.8. The van der Waals surface area contributed by atoms with E-state index in [9.17, 15) is 0 Å². The summed E-state index contributed by atoms with van der Waals surface area (Å²) in [6.07, 6.45) is 0. The number of aromatic nitrogens is 2. The maximum Gasteiger partial charge on any atom is 0.145 e. The van der Waals surface area contributed by atoms with E-state index in [4.69, 9.17) is 13.3 Å². The number of para-hydroxylation sites is 5. The number of furan rings is 3. The standard InChI is InChI=1S/C36H21NO2.C36H21NOS/c1-4-10-30-28(9-1)35-31(19-18-27-25-7-2-6-12-33(25)39-36(27)35)37(30)24-16-13-22(14-17-24)23-15-20-34-29(21-23)26-8-3-5-11-32(26)38-34;1-4-10-31-25(7-1)28-20-29-26-8-2-5-11-33(26)38-34(29)21-32(28)37(31)24-16-13-22(14-17-24)23-15-18-36-30(19-23)27-9-3-6-12-35(27)39-36/h2*1-21H. The number of nitrogens with zero attached hydrogens (tertiary/aromatic N) is 2. The third-order valence-electron chi connectivity index (χ3n) is 16.0. The lowest BCUT2D eigenvalue weighted by atomic mass is 10.0. The molecule has 0 N–H and O–H groups in total. The molecule has 78 heavy (non-hydrogen) atoms. The minimum absolute atomic E-state index is 0.916. The van der Waals surface area contributed by atoms with E-state index in [2.05, 4.69) is 228 Å². The van der Waals surface area contributed by atoms with E-state index in [1.54, 1.807) is 0 Å². The molecule has 6 aromatic heterocycles. The number of hydrogen-bond donors (Lipinski definition) is 0. The fraction of sp³-hybridized carbons (Fsp3) is 0. The molecule has 0 amide bonds. The van der Waals surface area contributed by atoms with Gasteiger partial charge in [0, 0.05) is 86.1 Å². The van der Waals surface area contributed by atoms with Gasteiger partial charge in [0.15, 0.2) is 0 Å². The minimum Gasteiger partial charge on any atom is -0.456 e. The third kappa shape index (κ3) is 6.47. The summed E-state index contributed by atoms with van der Waals surface area (Å²) in [7, 11) is 0. The van der Waals surface area contributed by atoms with E-state index in [1.807, 2.05) is 47.7 Å². The van der Waals surface area contributed by atoms with Crippen molar-refractivity contribution in [2.45, 2.75) is 0 Å². The first kappa shape index (κ1) is 43.1. The van der Waals surface area contributed by atoms with Crippen molar-refractivity contribution < 1.29 is 13.3 Å². The van der Waals surface area contributed by atoms with Gasteiger partial charge >= 0.3 is 0 Å². The van der Waals surface area contributed by atoms with Gasteiger partial charge in [-0.3, -0.25) is 0 Å². The second kappa shape index (κ2) is 16.7. The van der Waals surface area contributed by atoms with Gasteiger partial charge in [0.1, 0.15) is 33.5 Å². The van der Waals surface area contributed by atoms with Crippen LogP contribution in [0.25, 0.3) is 163 Å². The van der Waals surface area contributed by atoms with Crippen molar-refractivity contribution >= 4 is 141 Å². The Kier molecular flexibility index (Phi) is 9.22. The second-order valence-corrected chi connectivity index (χ2v) is 21.4. The fourth-order valence-corrected chi connectivity index (χ4v) is 13.5. The van der Waals surface area contributed by atoms with E-state index in [-0.39, 0.29) is 0 Å². The van der Waals surface area contributed by atoms with Crippen LogP contribution in [0, 0.1) is 0 Å². The summed E-state index contributed by atoms with van der Waals surface area (Å²) in [4.78, 5) is 0. The van der Waals surface area contributed by atoms with E-state index in [1.165, 1.54) is 69.6 Å². The number of hydrogen-bond acceptors (Lipinski definition) is 4. The molecule has 0 aliphatic carbocycles. The lowest BCUT2D eigenvalue weighted by molar-refractivity contribution is 0.668. The molecule has 0 bridgehead atoms.